The number of nitrogens with zero attached hydrogens (tertiary/aromatic N) is 2. The van der Waals surface area contributed by atoms with Crippen LogP contribution in [0, 0.1) is 12.3 Å². The molecule has 2 aromatic rings. The maximum Gasteiger partial charge on any atom is 0.274 e. The lowest BCUT2D eigenvalue weighted by atomic mass is 9.72. The lowest BCUT2D eigenvalue weighted by Crippen LogP contribution is -2.58. The van der Waals surface area contributed by atoms with E-state index in [0.29, 0.717) is 12.2 Å². The number of aliphatic hydroxyl groups is 1. The molecule has 7 heteroatoms. The van der Waals surface area contributed by atoms with Gasteiger partial charge in [-0.05, 0) is 50.9 Å². The number of nitrogens with one attached hydrogen (secondary N) is 2. The molecule has 134 valence electrons. The van der Waals surface area contributed by atoms with Gasteiger partial charge < -0.3 is 15.3 Å². The molecule has 0 aliphatic carbocycles. The summed E-state index contributed by atoms with van der Waals surface area (Å²) in [7, 11) is 0. The monoisotopic (exact) mass is 360 g/mol. The van der Waals surface area contributed by atoms with Crippen LogP contribution in [0.25, 0.3) is 10.6 Å². The summed E-state index contributed by atoms with van der Waals surface area (Å²) in [5, 5.41) is 21.1. The first-order chi connectivity index (χ1) is 12.1. The molecule has 0 saturated carbocycles. The predicted molar refractivity (Wildman–Crippen MR) is 97.7 cm³/mol. The Morgan fingerprint density at radius 3 is 3.12 bits per heavy atom. The van der Waals surface area contributed by atoms with Gasteiger partial charge in [0.05, 0.1) is 16.7 Å². The zero-order valence-corrected chi connectivity index (χ0v) is 15.2. The number of aliphatic hydroxyl groups excluding tert-OH is 1. The molecule has 25 heavy (non-hydrogen) atoms. The van der Waals surface area contributed by atoms with Gasteiger partial charge in [0.1, 0.15) is 0 Å². The number of aromatic nitrogens is 2. The van der Waals surface area contributed by atoms with Gasteiger partial charge in [0.25, 0.3) is 5.91 Å². The van der Waals surface area contributed by atoms with Crippen LogP contribution >= 0.6 is 11.3 Å². The first-order valence-corrected chi connectivity index (χ1v) is 9.69. The highest BCUT2D eigenvalue weighted by Crippen LogP contribution is 2.37. The maximum absolute atomic E-state index is 12.9. The van der Waals surface area contributed by atoms with Crippen LogP contribution in [0.3, 0.4) is 0 Å². The summed E-state index contributed by atoms with van der Waals surface area (Å²) in [6.45, 7) is 5.01. The molecule has 2 atom stereocenters. The molecule has 0 aromatic carbocycles. The summed E-state index contributed by atoms with van der Waals surface area (Å²) in [5.74, 6) is -0.0485. The Balaban J connectivity index is 1.52. The lowest BCUT2D eigenvalue weighted by molar-refractivity contribution is -0.0434. The second kappa shape index (κ2) is 6.55. The molecule has 4 heterocycles. The van der Waals surface area contributed by atoms with E-state index in [0.717, 1.165) is 49.5 Å². The average molecular weight is 360 g/mol. The van der Waals surface area contributed by atoms with E-state index < -0.39 is 0 Å². The molecule has 2 aliphatic rings. The summed E-state index contributed by atoms with van der Waals surface area (Å²) < 4.78 is 0. The number of aromatic amines is 1. The first kappa shape index (κ1) is 16.8. The molecule has 0 radical (unpaired) electrons. The zero-order valence-electron chi connectivity index (χ0n) is 14.4. The standard InChI is InChI=1S/C18H24N4O2S/c1-12-3-4-15(25-12)13-9-14(21-20-13)17(24)22-8-2-6-18(11-22)10-19-7-5-16(18)23/h3-4,9,16,19,23H,2,5-8,10-11H2,1H3,(H,20,21)/t16-,18-/m0/s1. The van der Waals surface area contributed by atoms with E-state index in [4.69, 9.17) is 0 Å². The van der Waals surface area contributed by atoms with Crippen molar-refractivity contribution in [3.63, 3.8) is 0 Å². The molecular weight excluding hydrogens is 336 g/mol. The first-order valence-electron chi connectivity index (χ1n) is 8.88. The van der Waals surface area contributed by atoms with Crippen molar-refractivity contribution in [3.05, 3.63) is 28.8 Å². The van der Waals surface area contributed by atoms with Gasteiger partial charge in [-0.15, -0.1) is 11.3 Å². The number of aryl methyl sites for hydroxylation is 1. The number of piperidine rings is 2. The Bertz CT molecular complexity index is 767. The fourth-order valence-corrected chi connectivity index (χ4v) is 4.88. The van der Waals surface area contributed by atoms with Gasteiger partial charge in [-0.3, -0.25) is 9.89 Å². The number of carbonyl (C=O) groups excluding carboxylic acids is 1. The lowest BCUT2D eigenvalue weighted by Gasteiger charge is -2.48. The van der Waals surface area contributed by atoms with Gasteiger partial charge in [0, 0.05) is 29.9 Å². The van der Waals surface area contributed by atoms with Crippen LogP contribution in [0.1, 0.15) is 34.6 Å². The Labute approximate surface area is 151 Å². The molecule has 2 aliphatic heterocycles. The van der Waals surface area contributed by atoms with Gasteiger partial charge in [-0.2, -0.15) is 5.10 Å². The Morgan fingerprint density at radius 1 is 1.48 bits per heavy atom. The van der Waals surface area contributed by atoms with Crippen LogP contribution in [0.15, 0.2) is 18.2 Å². The van der Waals surface area contributed by atoms with Crippen LogP contribution in [0.2, 0.25) is 0 Å². The van der Waals surface area contributed by atoms with E-state index in [1.165, 1.54) is 4.88 Å². The predicted octanol–water partition coefficient (Wildman–Crippen LogP) is 2.02. The highest BCUT2D eigenvalue weighted by molar-refractivity contribution is 7.15. The molecule has 1 amide bonds. The van der Waals surface area contributed by atoms with Crippen molar-refractivity contribution in [1.82, 2.24) is 20.4 Å². The topological polar surface area (TPSA) is 81.2 Å². The summed E-state index contributed by atoms with van der Waals surface area (Å²) in [6.07, 6.45) is 2.30. The fourth-order valence-electron chi connectivity index (χ4n) is 4.05. The van der Waals surface area contributed by atoms with Crippen molar-refractivity contribution >= 4 is 17.2 Å². The van der Waals surface area contributed by atoms with Gasteiger partial charge in [-0.25, -0.2) is 0 Å². The molecule has 2 aromatic heterocycles. The molecule has 1 spiro atoms. The summed E-state index contributed by atoms with van der Waals surface area (Å²) in [4.78, 5) is 17.1. The third-order valence-corrected chi connectivity index (χ3v) is 6.51. The van der Waals surface area contributed by atoms with Crippen molar-refractivity contribution in [2.75, 3.05) is 26.2 Å². The van der Waals surface area contributed by atoms with Crippen LogP contribution in [-0.4, -0.2) is 58.4 Å². The second-order valence-electron chi connectivity index (χ2n) is 7.25. The highest BCUT2D eigenvalue weighted by atomic mass is 32.1. The minimum atomic E-state index is -0.340. The van der Waals surface area contributed by atoms with Crippen molar-refractivity contribution in [2.24, 2.45) is 5.41 Å². The minimum Gasteiger partial charge on any atom is -0.392 e. The molecule has 4 rings (SSSR count). The largest absolute Gasteiger partial charge is 0.392 e. The fraction of sp³-hybridized carbons (Fsp3) is 0.556. The van der Waals surface area contributed by atoms with E-state index >= 15 is 0 Å². The van der Waals surface area contributed by atoms with Crippen molar-refractivity contribution in [1.29, 1.82) is 0 Å². The number of hydrogen-bond acceptors (Lipinski definition) is 5. The van der Waals surface area contributed by atoms with E-state index in [2.05, 4.69) is 28.5 Å². The Kier molecular flexibility index (Phi) is 4.39. The number of rotatable bonds is 2. The van der Waals surface area contributed by atoms with Gasteiger partial charge in [0.15, 0.2) is 5.69 Å². The maximum atomic E-state index is 12.9. The Morgan fingerprint density at radius 2 is 2.36 bits per heavy atom. The van der Waals surface area contributed by atoms with Crippen LogP contribution < -0.4 is 5.32 Å². The smallest absolute Gasteiger partial charge is 0.274 e. The van der Waals surface area contributed by atoms with Gasteiger partial charge in [-0.1, -0.05) is 0 Å². The van der Waals surface area contributed by atoms with E-state index in [1.54, 1.807) is 11.3 Å². The molecule has 0 bridgehead atoms. The SMILES string of the molecule is Cc1ccc(-c2cc(C(=O)N3CCC[C@]4(CNCC[C@@H]4O)C3)n[nH]2)s1. The molecule has 3 N–H and O–H groups in total. The number of amides is 1. The molecule has 6 nitrogen and oxygen atoms in total. The van der Waals surface area contributed by atoms with Crippen LogP contribution in [0.5, 0.6) is 0 Å². The number of likely N-dealkylation sites (tertiary alicyclic amines) is 1. The molecule has 0 unspecified atom stereocenters. The minimum absolute atomic E-state index is 0.0485. The van der Waals surface area contributed by atoms with Gasteiger partial charge >= 0.3 is 0 Å². The number of H-pyrrole nitrogens is 1. The third kappa shape index (κ3) is 3.12. The van der Waals surface area contributed by atoms with Crippen LogP contribution in [0.4, 0.5) is 0 Å². The van der Waals surface area contributed by atoms with Crippen molar-refractivity contribution in [2.45, 2.75) is 32.3 Å². The van der Waals surface area contributed by atoms with Crippen molar-refractivity contribution < 1.29 is 9.90 Å². The third-order valence-electron chi connectivity index (χ3n) is 5.48. The normalized spacial score (nSPS) is 27.0. The van der Waals surface area contributed by atoms with E-state index in [1.807, 2.05) is 17.0 Å². The highest BCUT2D eigenvalue weighted by Gasteiger charge is 2.44. The molecular formula is C18H24N4O2S. The van der Waals surface area contributed by atoms with Crippen LogP contribution in [-0.2, 0) is 0 Å². The average Bonchev–Trinajstić information content (AvgIpc) is 3.26. The zero-order chi connectivity index (χ0) is 17.4. The van der Waals surface area contributed by atoms with Crippen molar-refractivity contribution in [3.8, 4) is 10.6 Å². The summed E-state index contributed by atoms with van der Waals surface area (Å²) >= 11 is 1.68. The van der Waals surface area contributed by atoms with Gasteiger partial charge in [0.2, 0.25) is 0 Å². The van der Waals surface area contributed by atoms with E-state index in [9.17, 15) is 9.90 Å². The number of carbonyl (C=O) groups is 1. The quantitative estimate of drug-likeness (QED) is 0.765. The Hall–Kier alpha value is -1.70. The molecule has 2 fully saturated rings. The second-order valence-corrected chi connectivity index (χ2v) is 8.54. The summed E-state index contributed by atoms with van der Waals surface area (Å²) in [5.41, 5.74) is 1.12. The number of thiophene rings is 1. The summed E-state index contributed by atoms with van der Waals surface area (Å²) in [6, 6.07) is 5.94. The van der Waals surface area contributed by atoms with E-state index in [-0.39, 0.29) is 17.4 Å². The number of hydrogen-bond donors (Lipinski definition) is 3. The molecule has 2 saturated heterocycles.